The van der Waals surface area contributed by atoms with Gasteiger partial charge in [-0.3, -0.25) is 14.9 Å². The van der Waals surface area contributed by atoms with Crippen molar-refractivity contribution < 1.29 is 9.53 Å². The topological polar surface area (TPSA) is 91.9 Å². The molecule has 30 heavy (non-hydrogen) atoms. The Hall–Kier alpha value is -2.90. The summed E-state index contributed by atoms with van der Waals surface area (Å²) < 4.78 is 5.20. The van der Waals surface area contributed by atoms with E-state index in [9.17, 15) is 4.79 Å². The molecule has 4 rings (SSSR count). The minimum atomic E-state index is -0.134. The fourth-order valence-electron chi connectivity index (χ4n) is 3.68. The molecule has 0 bridgehead atoms. The van der Waals surface area contributed by atoms with Crippen molar-refractivity contribution in [1.82, 2.24) is 25.8 Å². The Balaban J connectivity index is 0.00000256. The molecule has 0 saturated carbocycles. The molecule has 0 spiro atoms. The second-order valence-corrected chi connectivity index (χ2v) is 7.33. The maximum Gasteiger partial charge on any atom is 0.253 e. The Bertz CT molecular complexity index is 968. The van der Waals surface area contributed by atoms with Crippen LogP contribution in [-0.4, -0.2) is 41.3 Å². The normalized spacial score (nSPS) is 15.4. The lowest BCUT2D eigenvalue weighted by atomic mass is 9.99. The number of H-pyrrole nitrogens is 1. The lowest BCUT2D eigenvalue weighted by Gasteiger charge is -2.10. The van der Waals surface area contributed by atoms with Gasteiger partial charge in [-0.05, 0) is 67.7 Å². The smallest absolute Gasteiger partial charge is 0.253 e. The molecular formula is C22H26ClN5O2. The number of hydrogen-bond donors (Lipinski definition) is 3. The maximum atomic E-state index is 12.7. The van der Waals surface area contributed by atoms with Crippen molar-refractivity contribution in [2.45, 2.75) is 19.4 Å². The van der Waals surface area contributed by atoms with Crippen LogP contribution in [-0.2, 0) is 13.0 Å². The lowest BCUT2D eigenvalue weighted by molar-refractivity contribution is 0.0950. The molecule has 3 aromatic rings. The van der Waals surface area contributed by atoms with Gasteiger partial charge in [0.15, 0.2) is 0 Å². The Kier molecular flexibility index (Phi) is 7.43. The highest BCUT2D eigenvalue weighted by atomic mass is 35.5. The van der Waals surface area contributed by atoms with Crippen LogP contribution in [0.1, 0.15) is 27.9 Å². The van der Waals surface area contributed by atoms with Crippen LogP contribution >= 0.6 is 12.4 Å². The lowest BCUT2D eigenvalue weighted by Crippen LogP contribution is -2.23. The van der Waals surface area contributed by atoms with E-state index in [2.05, 4.69) is 25.8 Å². The van der Waals surface area contributed by atoms with Crippen molar-refractivity contribution in [3.8, 4) is 17.0 Å². The summed E-state index contributed by atoms with van der Waals surface area (Å²) in [7, 11) is 1.64. The summed E-state index contributed by atoms with van der Waals surface area (Å²) in [6.45, 7) is 2.48. The number of halogens is 1. The third-order valence-corrected chi connectivity index (χ3v) is 5.28. The number of hydrogen-bond acceptors (Lipinski definition) is 5. The number of methoxy groups -OCH3 is 1. The van der Waals surface area contributed by atoms with E-state index in [1.165, 1.54) is 6.42 Å². The molecular weight excluding hydrogens is 402 g/mol. The summed E-state index contributed by atoms with van der Waals surface area (Å²) >= 11 is 0. The van der Waals surface area contributed by atoms with Crippen molar-refractivity contribution in [3.05, 3.63) is 65.6 Å². The van der Waals surface area contributed by atoms with Crippen molar-refractivity contribution in [1.29, 1.82) is 0 Å². The number of carbonyl (C=O) groups excluding carboxylic acids is 1. The average molecular weight is 428 g/mol. The molecule has 2 aromatic heterocycles. The standard InChI is InChI=1S/C22H25N5O2.ClH/c1-29-20-4-2-17(3-5-20)21-19(14-26-27-21)13-25-22(28)18-9-16(11-24-12-18)8-15-6-7-23-10-15;/h2-5,9,11-12,14-15,23H,6-8,10,13H2,1H3,(H,25,28)(H,26,27);1H. The van der Waals surface area contributed by atoms with Gasteiger partial charge in [-0.1, -0.05) is 0 Å². The fourth-order valence-corrected chi connectivity index (χ4v) is 3.68. The largest absolute Gasteiger partial charge is 0.497 e. The summed E-state index contributed by atoms with van der Waals surface area (Å²) in [5.41, 5.74) is 4.48. The second-order valence-electron chi connectivity index (χ2n) is 7.33. The van der Waals surface area contributed by atoms with Crippen molar-refractivity contribution in [2.24, 2.45) is 5.92 Å². The molecule has 1 amide bonds. The monoisotopic (exact) mass is 427 g/mol. The summed E-state index contributed by atoms with van der Waals surface area (Å²) in [5.74, 6) is 1.28. The first-order chi connectivity index (χ1) is 14.2. The van der Waals surface area contributed by atoms with Gasteiger partial charge in [0, 0.05) is 30.1 Å². The summed E-state index contributed by atoms with van der Waals surface area (Å²) in [6, 6.07) is 9.66. The molecule has 1 aromatic carbocycles. The molecule has 1 atom stereocenters. The predicted molar refractivity (Wildman–Crippen MR) is 118 cm³/mol. The summed E-state index contributed by atoms with van der Waals surface area (Å²) in [4.78, 5) is 16.9. The number of benzene rings is 1. The van der Waals surface area contributed by atoms with Gasteiger partial charge in [0.25, 0.3) is 5.91 Å². The molecule has 0 radical (unpaired) electrons. The van der Waals surface area contributed by atoms with Gasteiger partial charge in [0.2, 0.25) is 0 Å². The van der Waals surface area contributed by atoms with E-state index in [4.69, 9.17) is 4.74 Å². The third kappa shape index (κ3) is 5.17. The van der Waals surface area contributed by atoms with E-state index in [0.717, 1.165) is 47.6 Å². The zero-order chi connectivity index (χ0) is 20.1. The summed E-state index contributed by atoms with van der Waals surface area (Å²) in [5, 5.41) is 13.5. The number of carbonyl (C=O) groups is 1. The van der Waals surface area contributed by atoms with E-state index >= 15 is 0 Å². The molecule has 1 fully saturated rings. The number of pyridine rings is 1. The molecule has 0 aliphatic carbocycles. The van der Waals surface area contributed by atoms with Crippen molar-refractivity contribution in [2.75, 3.05) is 20.2 Å². The Morgan fingerprint density at radius 2 is 2.07 bits per heavy atom. The van der Waals surface area contributed by atoms with Crippen LogP contribution in [0.15, 0.2) is 48.9 Å². The second kappa shape index (κ2) is 10.2. The molecule has 1 aliphatic heterocycles. The Morgan fingerprint density at radius 3 is 2.80 bits per heavy atom. The third-order valence-electron chi connectivity index (χ3n) is 5.28. The van der Waals surface area contributed by atoms with E-state index in [-0.39, 0.29) is 18.3 Å². The van der Waals surface area contributed by atoms with Crippen LogP contribution in [0.2, 0.25) is 0 Å². The van der Waals surface area contributed by atoms with Gasteiger partial charge in [0.1, 0.15) is 5.75 Å². The first-order valence-electron chi connectivity index (χ1n) is 9.82. The molecule has 158 valence electrons. The van der Waals surface area contributed by atoms with E-state index in [1.807, 2.05) is 36.5 Å². The molecule has 8 heteroatoms. The molecule has 3 heterocycles. The number of rotatable bonds is 7. The zero-order valence-electron chi connectivity index (χ0n) is 16.9. The number of amides is 1. The van der Waals surface area contributed by atoms with Gasteiger partial charge in [-0.25, -0.2) is 0 Å². The molecule has 7 nitrogen and oxygen atoms in total. The predicted octanol–water partition coefficient (Wildman–Crippen LogP) is 2.98. The molecule has 1 aliphatic rings. The number of aromatic amines is 1. The van der Waals surface area contributed by atoms with E-state index < -0.39 is 0 Å². The minimum Gasteiger partial charge on any atom is -0.497 e. The highest BCUT2D eigenvalue weighted by Gasteiger charge is 2.16. The number of aromatic nitrogens is 3. The first-order valence-corrected chi connectivity index (χ1v) is 9.82. The number of nitrogens with zero attached hydrogens (tertiary/aromatic N) is 2. The maximum absolute atomic E-state index is 12.7. The van der Waals surface area contributed by atoms with Gasteiger partial charge >= 0.3 is 0 Å². The van der Waals surface area contributed by atoms with E-state index in [1.54, 1.807) is 19.5 Å². The minimum absolute atomic E-state index is 0. The zero-order valence-corrected chi connectivity index (χ0v) is 17.7. The molecule has 1 unspecified atom stereocenters. The SMILES string of the molecule is COc1ccc(-c2[nH]ncc2CNC(=O)c2cncc(CC3CCNC3)c2)cc1.Cl. The van der Waals surface area contributed by atoms with Crippen LogP contribution in [0.3, 0.4) is 0 Å². The Morgan fingerprint density at radius 1 is 1.23 bits per heavy atom. The van der Waals surface area contributed by atoms with Crippen LogP contribution in [0.5, 0.6) is 5.75 Å². The van der Waals surface area contributed by atoms with Crippen LogP contribution < -0.4 is 15.4 Å². The van der Waals surface area contributed by atoms with Crippen molar-refractivity contribution in [3.63, 3.8) is 0 Å². The van der Waals surface area contributed by atoms with Crippen LogP contribution in [0.25, 0.3) is 11.3 Å². The first kappa shape index (κ1) is 21.8. The Labute approximate surface area is 182 Å². The number of nitrogens with one attached hydrogen (secondary N) is 3. The number of ether oxygens (including phenoxy) is 1. The van der Waals surface area contributed by atoms with Gasteiger partial charge in [0.05, 0.1) is 24.6 Å². The quantitative estimate of drug-likeness (QED) is 0.539. The summed E-state index contributed by atoms with van der Waals surface area (Å²) in [6.07, 6.45) is 7.33. The highest BCUT2D eigenvalue weighted by Crippen LogP contribution is 2.23. The van der Waals surface area contributed by atoms with Crippen LogP contribution in [0, 0.1) is 5.92 Å². The van der Waals surface area contributed by atoms with Crippen LogP contribution in [0.4, 0.5) is 0 Å². The van der Waals surface area contributed by atoms with Gasteiger partial charge in [-0.15, -0.1) is 12.4 Å². The van der Waals surface area contributed by atoms with Gasteiger partial charge < -0.3 is 15.4 Å². The molecule has 3 N–H and O–H groups in total. The van der Waals surface area contributed by atoms with Crippen molar-refractivity contribution >= 4 is 18.3 Å². The highest BCUT2D eigenvalue weighted by molar-refractivity contribution is 5.94. The fraction of sp³-hybridized carbons (Fsp3) is 0.318. The molecule has 1 saturated heterocycles. The average Bonchev–Trinajstić information content (AvgIpc) is 3.44. The van der Waals surface area contributed by atoms with E-state index in [0.29, 0.717) is 18.0 Å². The van der Waals surface area contributed by atoms with Gasteiger partial charge in [-0.2, -0.15) is 5.10 Å².